The van der Waals surface area contributed by atoms with E-state index in [1.165, 1.54) is 0 Å². The summed E-state index contributed by atoms with van der Waals surface area (Å²) in [5.74, 6) is 0.973. The van der Waals surface area contributed by atoms with E-state index in [0.29, 0.717) is 40.3 Å². The summed E-state index contributed by atoms with van der Waals surface area (Å²) in [5, 5.41) is 14.1. The van der Waals surface area contributed by atoms with Crippen molar-refractivity contribution in [3.8, 4) is 0 Å². The summed E-state index contributed by atoms with van der Waals surface area (Å²) in [4.78, 5) is 26.5. The lowest BCUT2D eigenvalue weighted by Crippen LogP contribution is -2.61. The Kier molecular flexibility index (Phi) is 5.02. The van der Waals surface area contributed by atoms with E-state index in [1.807, 2.05) is 18.2 Å². The van der Waals surface area contributed by atoms with Crippen LogP contribution in [-0.2, 0) is 18.4 Å². The highest BCUT2D eigenvalue weighted by Gasteiger charge is 2.55. The number of hydrogen-bond acceptors (Lipinski definition) is 4. The standard InChI is InChI=1S/C25H30N2O4/c1-27-20(23(28)16-6-4-3-5-7-16)10-19(14-31-2)22(27)24(29)26-21-17-8-15-9-18(21)13-25(30,11-15)12-17/h3-7,10,15,17-18,21,30H,8-9,11-14H2,1-2H3,(H,26,29)/t15?,17?,18?,21-,25-. The molecule has 4 aliphatic rings. The van der Waals surface area contributed by atoms with Crippen LogP contribution >= 0.6 is 0 Å². The first-order valence-corrected chi connectivity index (χ1v) is 11.2. The number of methoxy groups -OCH3 is 1. The van der Waals surface area contributed by atoms with Crippen molar-refractivity contribution in [1.82, 2.24) is 9.88 Å². The Labute approximate surface area is 182 Å². The molecule has 2 N–H and O–H groups in total. The van der Waals surface area contributed by atoms with Crippen LogP contribution in [0.5, 0.6) is 0 Å². The highest BCUT2D eigenvalue weighted by molar-refractivity contribution is 6.09. The van der Waals surface area contributed by atoms with Gasteiger partial charge >= 0.3 is 0 Å². The molecule has 2 unspecified atom stereocenters. The molecule has 0 spiro atoms. The van der Waals surface area contributed by atoms with Crippen molar-refractivity contribution in [2.75, 3.05) is 7.11 Å². The lowest BCUT2D eigenvalue weighted by Gasteiger charge is -2.58. The van der Waals surface area contributed by atoms with Crippen LogP contribution in [0.1, 0.15) is 64.2 Å². The smallest absolute Gasteiger partial charge is 0.268 e. The number of aliphatic hydroxyl groups is 1. The number of ketones is 1. The molecule has 1 aromatic carbocycles. The van der Waals surface area contributed by atoms with Crippen LogP contribution in [0.15, 0.2) is 36.4 Å². The minimum Gasteiger partial charge on any atom is -0.390 e. The summed E-state index contributed by atoms with van der Waals surface area (Å²) in [6, 6.07) is 11.0. The molecule has 4 fully saturated rings. The van der Waals surface area contributed by atoms with Crippen molar-refractivity contribution in [2.24, 2.45) is 24.8 Å². The number of nitrogens with zero attached hydrogens (tertiary/aromatic N) is 1. The summed E-state index contributed by atoms with van der Waals surface area (Å²) < 4.78 is 7.03. The minimum atomic E-state index is -0.529. The van der Waals surface area contributed by atoms with Crippen LogP contribution in [0.2, 0.25) is 0 Å². The average molecular weight is 423 g/mol. The second-order valence-corrected chi connectivity index (χ2v) is 9.78. The van der Waals surface area contributed by atoms with Gasteiger partial charge in [0.1, 0.15) is 5.69 Å². The molecule has 6 nitrogen and oxygen atoms in total. The molecule has 1 amide bonds. The Hall–Kier alpha value is -2.44. The van der Waals surface area contributed by atoms with Gasteiger partial charge in [-0.3, -0.25) is 9.59 Å². The maximum atomic E-state index is 13.4. The number of ether oxygens (including phenoxy) is 1. The van der Waals surface area contributed by atoms with Crippen molar-refractivity contribution in [1.29, 1.82) is 0 Å². The van der Waals surface area contributed by atoms with Crippen LogP contribution in [-0.4, -0.2) is 40.1 Å². The van der Waals surface area contributed by atoms with E-state index < -0.39 is 5.60 Å². The minimum absolute atomic E-state index is 0.0860. The van der Waals surface area contributed by atoms with Crippen molar-refractivity contribution in [3.63, 3.8) is 0 Å². The first kappa shape index (κ1) is 20.5. The molecule has 4 aliphatic carbocycles. The third-order valence-electron chi connectivity index (χ3n) is 7.63. The van der Waals surface area contributed by atoms with Gasteiger partial charge in [0.2, 0.25) is 5.78 Å². The quantitative estimate of drug-likeness (QED) is 0.701. The van der Waals surface area contributed by atoms with E-state index in [0.717, 1.165) is 32.1 Å². The fourth-order valence-corrected chi connectivity index (χ4v) is 6.62. The first-order valence-electron chi connectivity index (χ1n) is 11.2. The second-order valence-electron chi connectivity index (χ2n) is 9.78. The van der Waals surface area contributed by atoms with Crippen LogP contribution < -0.4 is 5.32 Å². The molecule has 6 heteroatoms. The van der Waals surface area contributed by atoms with Gasteiger partial charge < -0.3 is 19.7 Å². The Morgan fingerprint density at radius 3 is 2.45 bits per heavy atom. The Morgan fingerprint density at radius 1 is 1.16 bits per heavy atom. The molecule has 2 atom stereocenters. The van der Waals surface area contributed by atoms with Gasteiger partial charge in [0.25, 0.3) is 5.91 Å². The normalized spacial score (nSPS) is 31.1. The van der Waals surface area contributed by atoms with E-state index in [-0.39, 0.29) is 24.3 Å². The van der Waals surface area contributed by atoms with Crippen molar-refractivity contribution in [3.05, 3.63) is 58.9 Å². The topological polar surface area (TPSA) is 80.6 Å². The Bertz CT molecular complexity index is 996. The number of nitrogens with one attached hydrogen (secondary N) is 1. The van der Waals surface area contributed by atoms with E-state index in [9.17, 15) is 14.7 Å². The Morgan fingerprint density at radius 2 is 1.84 bits per heavy atom. The monoisotopic (exact) mass is 422 g/mol. The molecular weight excluding hydrogens is 392 g/mol. The fourth-order valence-electron chi connectivity index (χ4n) is 6.62. The lowest BCUT2D eigenvalue weighted by atomic mass is 9.52. The number of amides is 1. The Balaban J connectivity index is 1.42. The van der Waals surface area contributed by atoms with Gasteiger partial charge in [0, 0.05) is 31.3 Å². The number of rotatable bonds is 6. The molecule has 0 saturated heterocycles. The zero-order valence-corrected chi connectivity index (χ0v) is 18.1. The third kappa shape index (κ3) is 3.52. The van der Waals surface area contributed by atoms with E-state index in [1.54, 1.807) is 36.9 Å². The van der Waals surface area contributed by atoms with Gasteiger partial charge in [0.05, 0.1) is 17.9 Å². The predicted octanol–water partition coefficient (Wildman–Crippen LogP) is 3.07. The zero-order chi connectivity index (χ0) is 21.8. The predicted molar refractivity (Wildman–Crippen MR) is 116 cm³/mol. The van der Waals surface area contributed by atoms with Crippen LogP contribution in [0.3, 0.4) is 0 Å². The maximum absolute atomic E-state index is 13.4. The molecule has 31 heavy (non-hydrogen) atoms. The molecule has 1 heterocycles. The third-order valence-corrected chi connectivity index (χ3v) is 7.63. The molecule has 164 valence electrons. The molecule has 4 bridgehead atoms. The van der Waals surface area contributed by atoms with E-state index in [2.05, 4.69) is 5.32 Å². The number of carbonyl (C=O) groups is 2. The SMILES string of the molecule is COCc1cc(C(=O)c2ccccc2)n(C)c1C(=O)N[C@H]1C2CC3CC1C[C@](O)(C3)C2. The van der Waals surface area contributed by atoms with Gasteiger partial charge in [0.15, 0.2) is 0 Å². The summed E-state index contributed by atoms with van der Waals surface area (Å²) in [6.45, 7) is 0.262. The van der Waals surface area contributed by atoms with Crippen LogP contribution in [0.4, 0.5) is 0 Å². The molecule has 0 aliphatic heterocycles. The van der Waals surface area contributed by atoms with Crippen molar-refractivity contribution in [2.45, 2.75) is 50.4 Å². The van der Waals surface area contributed by atoms with Gasteiger partial charge in [-0.2, -0.15) is 0 Å². The van der Waals surface area contributed by atoms with Crippen molar-refractivity contribution < 1.29 is 19.4 Å². The molecule has 6 rings (SSSR count). The molecule has 2 aromatic rings. The number of carbonyl (C=O) groups excluding carboxylic acids is 2. The second kappa shape index (κ2) is 7.61. The van der Waals surface area contributed by atoms with Crippen LogP contribution in [0.25, 0.3) is 0 Å². The van der Waals surface area contributed by atoms with Crippen molar-refractivity contribution >= 4 is 11.7 Å². The molecule has 0 radical (unpaired) electrons. The van der Waals surface area contributed by atoms with Gasteiger partial charge in [-0.15, -0.1) is 0 Å². The lowest BCUT2D eigenvalue weighted by molar-refractivity contribution is -0.137. The highest BCUT2D eigenvalue weighted by Crippen LogP contribution is 2.55. The number of hydrogen-bond donors (Lipinski definition) is 2. The first-order chi connectivity index (χ1) is 14.9. The summed E-state index contributed by atoms with van der Waals surface area (Å²) in [7, 11) is 3.36. The number of benzene rings is 1. The zero-order valence-electron chi connectivity index (χ0n) is 18.1. The number of aromatic nitrogens is 1. The van der Waals surface area contributed by atoms with Gasteiger partial charge in [-0.1, -0.05) is 30.3 Å². The molecule has 4 saturated carbocycles. The van der Waals surface area contributed by atoms with Crippen LogP contribution in [0, 0.1) is 17.8 Å². The summed E-state index contributed by atoms with van der Waals surface area (Å²) in [6.07, 6.45) is 4.64. The summed E-state index contributed by atoms with van der Waals surface area (Å²) in [5.41, 5.74) is 1.73. The maximum Gasteiger partial charge on any atom is 0.268 e. The fraction of sp³-hybridized carbons (Fsp3) is 0.520. The van der Waals surface area contributed by atoms with Gasteiger partial charge in [-0.05, 0) is 55.9 Å². The largest absolute Gasteiger partial charge is 0.390 e. The van der Waals surface area contributed by atoms with E-state index in [4.69, 9.17) is 4.74 Å². The summed E-state index contributed by atoms with van der Waals surface area (Å²) >= 11 is 0. The molecule has 1 aromatic heterocycles. The van der Waals surface area contributed by atoms with E-state index >= 15 is 0 Å². The molecular formula is C25H30N2O4. The average Bonchev–Trinajstić information content (AvgIpc) is 3.06. The van der Waals surface area contributed by atoms with Gasteiger partial charge in [-0.25, -0.2) is 0 Å². The highest BCUT2D eigenvalue weighted by atomic mass is 16.5.